The molecule has 1 rings (SSSR count). The molecular weight excluding hydrogens is 142 g/mol. The van der Waals surface area contributed by atoms with E-state index < -0.39 is 0 Å². The van der Waals surface area contributed by atoms with Crippen LogP contribution in [0, 0.1) is 0 Å². The van der Waals surface area contributed by atoms with E-state index in [2.05, 4.69) is 16.0 Å². The zero-order chi connectivity index (χ0) is 8.27. The van der Waals surface area contributed by atoms with Gasteiger partial charge in [-0.25, -0.2) is 0 Å². The van der Waals surface area contributed by atoms with Gasteiger partial charge in [0.2, 0.25) is 5.91 Å². The lowest BCUT2D eigenvalue weighted by Crippen LogP contribution is -2.47. The molecule has 1 saturated heterocycles. The summed E-state index contributed by atoms with van der Waals surface area (Å²) in [7, 11) is 1.91. The summed E-state index contributed by atoms with van der Waals surface area (Å²) >= 11 is 0. The number of carbonyl (C=O) groups excluding carboxylic acids is 1. The van der Waals surface area contributed by atoms with Gasteiger partial charge < -0.3 is 16.0 Å². The highest BCUT2D eigenvalue weighted by atomic mass is 16.1. The van der Waals surface area contributed by atoms with Crippen LogP contribution in [0.2, 0.25) is 0 Å². The van der Waals surface area contributed by atoms with Gasteiger partial charge in [0.05, 0.1) is 6.04 Å². The maximum absolute atomic E-state index is 10.7. The molecule has 11 heavy (non-hydrogen) atoms. The van der Waals surface area contributed by atoms with E-state index in [1.54, 1.807) is 6.92 Å². The van der Waals surface area contributed by atoms with Crippen LogP contribution in [0.4, 0.5) is 0 Å². The SMILES string of the molecule is CNC1CNCC1NC(C)=O. The van der Waals surface area contributed by atoms with Crippen LogP contribution in [0.15, 0.2) is 0 Å². The van der Waals surface area contributed by atoms with Crippen LogP contribution in [0.5, 0.6) is 0 Å². The van der Waals surface area contributed by atoms with E-state index in [1.807, 2.05) is 7.05 Å². The maximum Gasteiger partial charge on any atom is 0.217 e. The van der Waals surface area contributed by atoms with Gasteiger partial charge in [0.1, 0.15) is 0 Å². The predicted molar refractivity (Wildman–Crippen MR) is 43.3 cm³/mol. The second-order valence-corrected chi connectivity index (χ2v) is 2.86. The van der Waals surface area contributed by atoms with Crippen LogP contribution in [-0.2, 0) is 4.79 Å². The molecule has 4 heteroatoms. The van der Waals surface area contributed by atoms with Gasteiger partial charge in [-0.05, 0) is 7.05 Å². The van der Waals surface area contributed by atoms with Crippen molar-refractivity contribution < 1.29 is 4.79 Å². The first-order chi connectivity index (χ1) is 5.24. The number of carbonyl (C=O) groups is 1. The van der Waals surface area contributed by atoms with Crippen molar-refractivity contribution in [3.63, 3.8) is 0 Å². The Kier molecular flexibility index (Phi) is 2.84. The summed E-state index contributed by atoms with van der Waals surface area (Å²) in [6.07, 6.45) is 0. The monoisotopic (exact) mass is 157 g/mol. The fourth-order valence-corrected chi connectivity index (χ4v) is 1.39. The van der Waals surface area contributed by atoms with Crippen molar-refractivity contribution in [2.75, 3.05) is 20.1 Å². The lowest BCUT2D eigenvalue weighted by molar-refractivity contribution is -0.119. The molecular formula is C7H15N3O. The lowest BCUT2D eigenvalue weighted by Gasteiger charge is -2.17. The fourth-order valence-electron chi connectivity index (χ4n) is 1.39. The Hall–Kier alpha value is -0.610. The van der Waals surface area contributed by atoms with Gasteiger partial charge in [0.15, 0.2) is 0 Å². The van der Waals surface area contributed by atoms with E-state index >= 15 is 0 Å². The Bertz CT molecular complexity index is 149. The highest BCUT2D eigenvalue weighted by Crippen LogP contribution is 1.98. The third-order valence-electron chi connectivity index (χ3n) is 1.97. The molecule has 1 amide bonds. The molecule has 0 spiro atoms. The minimum absolute atomic E-state index is 0.0407. The van der Waals surface area contributed by atoms with Gasteiger partial charge in [-0.2, -0.15) is 0 Å². The topological polar surface area (TPSA) is 53.2 Å². The Balaban J connectivity index is 2.37. The molecule has 1 heterocycles. The molecule has 2 atom stereocenters. The highest BCUT2D eigenvalue weighted by molar-refractivity contribution is 5.73. The third kappa shape index (κ3) is 2.17. The predicted octanol–water partition coefficient (Wildman–Crippen LogP) is -1.32. The first-order valence-corrected chi connectivity index (χ1v) is 3.89. The summed E-state index contributed by atoms with van der Waals surface area (Å²) in [6.45, 7) is 3.34. The Labute approximate surface area is 66.7 Å². The molecule has 1 aliphatic heterocycles. The van der Waals surface area contributed by atoms with E-state index in [0.29, 0.717) is 6.04 Å². The molecule has 0 aliphatic carbocycles. The molecule has 0 saturated carbocycles. The second-order valence-electron chi connectivity index (χ2n) is 2.86. The van der Waals surface area contributed by atoms with Crippen LogP contribution in [-0.4, -0.2) is 38.1 Å². The summed E-state index contributed by atoms with van der Waals surface area (Å²) < 4.78 is 0. The van der Waals surface area contributed by atoms with Crippen LogP contribution < -0.4 is 16.0 Å². The largest absolute Gasteiger partial charge is 0.351 e. The second kappa shape index (κ2) is 3.69. The Morgan fingerprint density at radius 1 is 1.45 bits per heavy atom. The van der Waals surface area contributed by atoms with Crippen LogP contribution in [0.25, 0.3) is 0 Å². The summed E-state index contributed by atoms with van der Waals surface area (Å²) in [5.41, 5.74) is 0. The summed E-state index contributed by atoms with van der Waals surface area (Å²) in [5.74, 6) is 0.0407. The van der Waals surface area contributed by atoms with Gasteiger partial charge in [-0.1, -0.05) is 0 Å². The normalized spacial score (nSPS) is 30.4. The number of hydrogen-bond acceptors (Lipinski definition) is 3. The molecule has 0 radical (unpaired) electrons. The van der Waals surface area contributed by atoms with E-state index in [-0.39, 0.29) is 11.9 Å². The number of rotatable bonds is 2. The molecule has 0 bridgehead atoms. The van der Waals surface area contributed by atoms with Gasteiger partial charge in [-0.15, -0.1) is 0 Å². The zero-order valence-electron chi connectivity index (χ0n) is 6.98. The molecule has 3 N–H and O–H groups in total. The number of nitrogens with one attached hydrogen (secondary N) is 3. The van der Waals surface area contributed by atoms with Gasteiger partial charge in [0.25, 0.3) is 0 Å². The van der Waals surface area contributed by atoms with E-state index in [9.17, 15) is 4.79 Å². The molecule has 64 valence electrons. The van der Waals surface area contributed by atoms with Crippen molar-refractivity contribution in [2.24, 2.45) is 0 Å². The first-order valence-electron chi connectivity index (χ1n) is 3.89. The van der Waals surface area contributed by atoms with Crippen LogP contribution in [0.1, 0.15) is 6.92 Å². The van der Waals surface area contributed by atoms with Crippen LogP contribution >= 0.6 is 0 Å². The number of hydrogen-bond donors (Lipinski definition) is 3. The van der Waals surface area contributed by atoms with E-state index in [0.717, 1.165) is 13.1 Å². The van der Waals surface area contributed by atoms with Crippen molar-refractivity contribution in [1.29, 1.82) is 0 Å². The molecule has 0 aromatic rings. The smallest absolute Gasteiger partial charge is 0.217 e. The molecule has 0 aromatic heterocycles. The quantitative estimate of drug-likeness (QED) is 0.466. The van der Waals surface area contributed by atoms with Crippen molar-refractivity contribution in [3.05, 3.63) is 0 Å². The molecule has 1 fully saturated rings. The first kappa shape index (κ1) is 8.49. The highest BCUT2D eigenvalue weighted by Gasteiger charge is 2.25. The van der Waals surface area contributed by atoms with E-state index in [4.69, 9.17) is 0 Å². The Morgan fingerprint density at radius 2 is 2.09 bits per heavy atom. The van der Waals surface area contributed by atoms with Gasteiger partial charge >= 0.3 is 0 Å². The minimum atomic E-state index is 0.0407. The van der Waals surface area contributed by atoms with Crippen molar-refractivity contribution in [3.8, 4) is 0 Å². The van der Waals surface area contributed by atoms with E-state index in [1.165, 1.54) is 0 Å². The summed E-state index contributed by atoms with van der Waals surface area (Å²) in [4.78, 5) is 10.7. The zero-order valence-corrected chi connectivity index (χ0v) is 6.98. The molecule has 0 aromatic carbocycles. The fraction of sp³-hybridized carbons (Fsp3) is 0.857. The Morgan fingerprint density at radius 3 is 2.64 bits per heavy atom. The average molecular weight is 157 g/mol. The van der Waals surface area contributed by atoms with Crippen LogP contribution in [0.3, 0.4) is 0 Å². The van der Waals surface area contributed by atoms with Crippen molar-refractivity contribution in [1.82, 2.24) is 16.0 Å². The summed E-state index contributed by atoms with van der Waals surface area (Å²) in [6, 6.07) is 0.622. The molecule has 1 aliphatic rings. The third-order valence-corrected chi connectivity index (χ3v) is 1.97. The number of likely N-dealkylation sites (N-methyl/N-ethyl adjacent to an activating group) is 1. The van der Waals surface area contributed by atoms with Crippen molar-refractivity contribution in [2.45, 2.75) is 19.0 Å². The molecule has 2 unspecified atom stereocenters. The summed E-state index contributed by atoms with van der Waals surface area (Å²) in [5, 5.41) is 9.22. The minimum Gasteiger partial charge on any atom is -0.351 e. The van der Waals surface area contributed by atoms with Gasteiger partial charge in [0, 0.05) is 26.1 Å². The standard InChI is InChI=1S/C7H15N3O/c1-5(11)10-7-4-9-3-6(7)8-2/h6-9H,3-4H2,1-2H3,(H,10,11). The van der Waals surface area contributed by atoms with Gasteiger partial charge in [-0.3, -0.25) is 4.79 Å². The lowest BCUT2D eigenvalue weighted by atomic mass is 10.2. The number of amides is 1. The van der Waals surface area contributed by atoms with Crippen molar-refractivity contribution >= 4 is 5.91 Å². The molecule has 4 nitrogen and oxygen atoms in total. The maximum atomic E-state index is 10.7. The average Bonchev–Trinajstić information content (AvgIpc) is 2.34.